The molecule has 2 aliphatic carbocycles. The summed E-state index contributed by atoms with van der Waals surface area (Å²) >= 11 is 0. The monoisotopic (exact) mass is 429 g/mol. The molecule has 9 heteroatoms. The van der Waals surface area contributed by atoms with E-state index in [1.807, 2.05) is 0 Å². The van der Waals surface area contributed by atoms with Crippen molar-refractivity contribution < 1.29 is 9.13 Å². The highest BCUT2D eigenvalue weighted by Crippen LogP contribution is 2.44. The Morgan fingerprint density at radius 3 is 2.65 bits per heavy atom. The maximum Gasteiger partial charge on any atom is 0.223 e. The van der Waals surface area contributed by atoms with Crippen LogP contribution in [-0.2, 0) is 4.74 Å². The zero-order valence-electron chi connectivity index (χ0n) is 18.3. The molecule has 2 heterocycles. The number of methoxy groups -OCH3 is 1. The van der Waals surface area contributed by atoms with Gasteiger partial charge < -0.3 is 20.7 Å². The standard InChI is InChI=1S/C22H32FN7O/c1-22(7-8-22)13-26-19-11-18(27-14-28-19)20-17(23)12-25-21(30-20)29-16-5-3-15(4-6-16)24-9-10-31-2/h11-12,14-16,24H,3-10,13H2,1-2H3,(H,25,29,30)(H,26,27,28). The molecule has 8 nitrogen and oxygen atoms in total. The van der Waals surface area contributed by atoms with Gasteiger partial charge in [0.1, 0.15) is 17.8 Å². The van der Waals surface area contributed by atoms with Crippen LogP contribution in [-0.4, -0.2) is 58.8 Å². The molecule has 0 radical (unpaired) electrons. The van der Waals surface area contributed by atoms with Gasteiger partial charge in [-0.05, 0) is 43.9 Å². The first kappa shape index (κ1) is 21.8. The normalized spacial score (nSPS) is 22.2. The van der Waals surface area contributed by atoms with Gasteiger partial charge in [0.2, 0.25) is 5.95 Å². The Bertz CT molecular complexity index is 869. The number of ether oxygens (including phenoxy) is 1. The van der Waals surface area contributed by atoms with Crippen LogP contribution in [0.2, 0.25) is 0 Å². The zero-order valence-corrected chi connectivity index (χ0v) is 18.3. The van der Waals surface area contributed by atoms with Crippen molar-refractivity contribution in [3.05, 3.63) is 24.4 Å². The Labute approximate surface area is 182 Å². The summed E-state index contributed by atoms with van der Waals surface area (Å²) in [4.78, 5) is 17.1. The second-order valence-corrected chi connectivity index (χ2v) is 8.98. The van der Waals surface area contributed by atoms with Crippen LogP contribution in [0.3, 0.4) is 0 Å². The predicted octanol–water partition coefficient (Wildman–Crippen LogP) is 3.24. The van der Waals surface area contributed by atoms with Crippen molar-refractivity contribution in [2.75, 3.05) is 37.4 Å². The third-order valence-corrected chi connectivity index (χ3v) is 6.25. The molecule has 31 heavy (non-hydrogen) atoms. The minimum atomic E-state index is -0.490. The van der Waals surface area contributed by atoms with Crippen molar-refractivity contribution in [1.82, 2.24) is 25.3 Å². The van der Waals surface area contributed by atoms with E-state index in [-0.39, 0.29) is 11.7 Å². The van der Waals surface area contributed by atoms with E-state index in [1.165, 1.54) is 25.4 Å². The van der Waals surface area contributed by atoms with Crippen LogP contribution >= 0.6 is 0 Å². The van der Waals surface area contributed by atoms with Crippen LogP contribution in [0.4, 0.5) is 16.2 Å². The highest BCUT2D eigenvalue weighted by Gasteiger charge is 2.36. The van der Waals surface area contributed by atoms with Gasteiger partial charge in [0.05, 0.1) is 18.5 Å². The van der Waals surface area contributed by atoms with Gasteiger partial charge in [0, 0.05) is 38.3 Å². The number of rotatable bonds is 10. The molecule has 2 aromatic heterocycles. The van der Waals surface area contributed by atoms with Crippen molar-refractivity contribution >= 4 is 11.8 Å². The van der Waals surface area contributed by atoms with Gasteiger partial charge in [-0.25, -0.2) is 24.3 Å². The number of halogens is 1. The van der Waals surface area contributed by atoms with E-state index in [4.69, 9.17) is 4.74 Å². The van der Waals surface area contributed by atoms with E-state index in [1.54, 1.807) is 13.2 Å². The largest absolute Gasteiger partial charge is 0.383 e. The third kappa shape index (κ3) is 6.07. The van der Waals surface area contributed by atoms with Gasteiger partial charge in [0.15, 0.2) is 5.82 Å². The fourth-order valence-corrected chi connectivity index (χ4v) is 3.88. The lowest BCUT2D eigenvalue weighted by Gasteiger charge is -2.29. The Balaban J connectivity index is 1.36. The molecular weight excluding hydrogens is 397 g/mol. The molecule has 2 aromatic rings. The summed E-state index contributed by atoms with van der Waals surface area (Å²) in [6.07, 6.45) is 9.28. The summed E-state index contributed by atoms with van der Waals surface area (Å²) in [5.41, 5.74) is 0.990. The molecule has 0 aromatic carbocycles. The van der Waals surface area contributed by atoms with Crippen molar-refractivity contribution in [3.63, 3.8) is 0 Å². The lowest BCUT2D eigenvalue weighted by molar-refractivity contribution is 0.191. The van der Waals surface area contributed by atoms with Gasteiger partial charge in [-0.15, -0.1) is 0 Å². The van der Waals surface area contributed by atoms with E-state index < -0.39 is 5.82 Å². The van der Waals surface area contributed by atoms with Crippen molar-refractivity contribution in [2.45, 2.75) is 57.5 Å². The molecule has 168 valence electrons. The lowest BCUT2D eigenvalue weighted by Crippen LogP contribution is -2.38. The molecule has 4 rings (SSSR count). The average molecular weight is 430 g/mol. The molecule has 3 N–H and O–H groups in total. The fourth-order valence-electron chi connectivity index (χ4n) is 3.88. The molecule has 0 saturated heterocycles. The smallest absolute Gasteiger partial charge is 0.223 e. The van der Waals surface area contributed by atoms with Crippen molar-refractivity contribution in [3.8, 4) is 11.4 Å². The first-order valence-electron chi connectivity index (χ1n) is 11.1. The van der Waals surface area contributed by atoms with Gasteiger partial charge in [-0.2, -0.15) is 0 Å². The quantitative estimate of drug-likeness (QED) is 0.495. The first-order chi connectivity index (χ1) is 15.0. The molecule has 0 atom stereocenters. The van der Waals surface area contributed by atoms with Gasteiger partial charge in [-0.1, -0.05) is 6.92 Å². The van der Waals surface area contributed by atoms with E-state index in [0.717, 1.165) is 45.4 Å². The van der Waals surface area contributed by atoms with E-state index in [2.05, 4.69) is 42.8 Å². The van der Waals surface area contributed by atoms with Crippen molar-refractivity contribution in [1.29, 1.82) is 0 Å². The Morgan fingerprint density at radius 1 is 1.13 bits per heavy atom. The van der Waals surface area contributed by atoms with Crippen LogP contribution < -0.4 is 16.0 Å². The summed E-state index contributed by atoms with van der Waals surface area (Å²) in [5.74, 6) is 0.631. The summed E-state index contributed by atoms with van der Waals surface area (Å²) < 4.78 is 19.6. The maximum absolute atomic E-state index is 14.5. The SMILES string of the molecule is COCCNC1CCC(Nc2ncc(F)c(-c3cc(NCC4(C)CC4)ncn3)n2)CC1. The van der Waals surface area contributed by atoms with E-state index in [9.17, 15) is 4.39 Å². The number of anilines is 2. The third-order valence-electron chi connectivity index (χ3n) is 6.25. The molecule has 0 bridgehead atoms. The van der Waals surface area contributed by atoms with E-state index >= 15 is 0 Å². The first-order valence-corrected chi connectivity index (χ1v) is 11.1. The second kappa shape index (κ2) is 9.82. The Kier molecular flexibility index (Phi) is 6.92. The Morgan fingerprint density at radius 2 is 1.90 bits per heavy atom. The van der Waals surface area contributed by atoms with Gasteiger partial charge >= 0.3 is 0 Å². The summed E-state index contributed by atoms with van der Waals surface area (Å²) in [6.45, 7) is 4.70. The van der Waals surface area contributed by atoms with Gasteiger partial charge in [-0.3, -0.25) is 0 Å². The highest BCUT2D eigenvalue weighted by molar-refractivity contribution is 5.59. The van der Waals surface area contributed by atoms with Crippen LogP contribution in [0, 0.1) is 11.2 Å². The van der Waals surface area contributed by atoms with Crippen LogP contribution in [0.15, 0.2) is 18.6 Å². The number of hydrogen-bond acceptors (Lipinski definition) is 8. The topological polar surface area (TPSA) is 96.9 Å². The minimum Gasteiger partial charge on any atom is -0.383 e. The van der Waals surface area contributed by atoms with Crippen molar-refractivity contribution in [2.24, 2.45) is 5.41 Å². The minimum absolute atomic E-state index is 0.190. The van der Waals surface area contributed by atoms with Gasteiger partial charge in [0.25, 0.3) is 0 Å². The summed E-state index contributed by atoms with van der Waals surface area (Å²) in [5, 5.41) is 10.2. The molecule has 2 fully saturated rings. The highest BCUT2D eigenvalue weighted by atomic mass is 19.1. The lowest BCUT2D eigenvalue weighted by atomic mass is 9.91. The molecular formula is C22H32FN7O. The molecule has 0 unspecified atom stereocenters. The number of nitrogens with zero attached hydrogens (tertiary/aromatic N) is 4. The maximum atomic E-state index is 14.5. The molecule has 2 saturated carbocycles. The van der Waals surface area contributed by atoms with Crippen LogP contribution in [0.1, 0.15) is 45.4 Å². The van der Waals surface area contributed by atoms with Crippen LogP contribution in [0.5, 0.6) is 0 Å². The molecule has 2 aliphatic rings. The Hall–Kier alpha value is -2.39. The fraction of sp³-hybridized carbons (Fsp3) is 0.636. The summed E-state index contributed by atoms with van der Waals surface area (Å²) in [7, 11) is 1.71. The second-order valence-electron chi connectivity index (χ2n) is 8.98. The summed E-state index contributed by atoms with van der Waals surface area (Å²) in [6, 6.07) is 2.54. The molecule has 0 amide bonds. The zero-order chi connectivity index (χ0) is 21.7. The number of nitrogens with one attached hydrogen (secondary N) is 3. The molecule has 0 aliphatic heterocycles. The van der Waals surface area contributed by atoms with Crippen LogP contribution in [0.25, 0.3) is 11.4 Å². The van der Waals surface area contributed by atoms with E-state index in [0.29, 0.717) is 28.9 Å². The predicted molar refractivity (Wildman–Crippen MR) is 118 cm³/mol. The molecule has 0 spiro atoms. The number of hydrogen-bond donors (Lipinski definition) is 3. The number of aromatic nitrogens is 4. The average Bonchev–Trinajstić information content (AvgIpc) is 3.53.